The molecule has 0 amide bonds. The molecule has 21 heavy (non-hydrogen) atoms. The molecule has 126 valence electrons. The molecule has 0 radical (unpaired) electrons. The van der Waals surface area contributed by atoms with Gasteiger partial charge in [-0.3, -0.25) is 4.79 Å². The number of carbonyl (C=O) groups is 1. The summed E-state index contributed by atoms with van der Waals surface area (Å²) in [5.41, 5.74) is 0. The van der Waals surface area contributed by atoms with Gasteiger partial charge in [-0.05, 0) is 12.8 Å². The summed E-state index contributed by atoms with van der Waals surface area (Å²) >= 11 is 0. The minimum absolute atomic E-state index is 0.118. The molecule has 0 bridgehead atoms. The van der Waals surface area contributed by atoms with E-state index >= 15 is 0 Å². The average Bonchev–Trinajstić information content (AvgIpc) is 2.48. The Morgan fingerprint density at radius 1 is 0.857 bits per heavy atom. The summed E-state index contributed by atoms with van der Waals surface area (Å²) in [6.45, 7) is 0.328. The average molecular weight is 302 g/mol. The Morgan fingerprint density at radius 3 is 1.71 bits per heavy atom. The van der Waals surface area contributed by atoms with E-state index in [0.717, 1.165) is 25.7 Å². The number of aliphatic hydroxyl groups is 2. The van der Waals surface area contributed by atoms with Crippen molar-refractivity contribution in [3.05, 3.63) is 0 Å². The normalized spacial score (nSPS) is 12.3. The van der Waals surface area contributed by atoms with Crippen molar-refractivity contribution in [2.24, 2.45) is 0 Å². The van der Waals surface area contributed by atoms with E-state index in [1.54, 1.807) is 0 Å². The zero-order chi connectivity index (χ0) is 15.8. The molecule has 0 aromatic rings. The van der Waals surface area contributed by atoms with E-state index in [-0.39, 0.29) is 12.4 Å². The molecule has 0 spiro atoms. The van der Waals surface area contributed by atoms with Gasteiger partial charge in [-0.2, -0.15) is 0 Å². The summed E-state index contributed by atoms with van der Waals surface area (Å²) in [5.74, 6) is -0.332. The largest absolute Gasteiger partial charge is 0.469 e. The van der Waals surface area contributed by atoms with Crippen LogP contribution in [0.25, 0.3) is 0 Å². The fraction of sp³-hybridized carbons (Fsp3) is 0.941. The van der Waals surface area contributed by atoms with Gasteiger partial charge in [0.2, 0.25) is 0 Å². The summed E-state index contributed by atoms with van der Waals surface area (Å²) in [6, 6.07) is 0. The summed E-state index contributed by atoms with van der Waals surface area (Å²) in [4.78, 5) is 10.9. The molecule has 0 fully saturated rings. The first-order chi connectivity index (χ1) is 10.2. The van der Waals surface area contributed by atoms with Crippen LogP contribution in [0.2, 0.25) is 0 Å². The fourth-order valence-corrected chi connectivity index (χ4v) is 2.46. The molecule has 1 unspecified atom stereocenters. The van der Waals surface area contributed by atoms with E-state index in [2.05, 4.69) is 4.74 Å². The van der Waals surface area contributed by atoms with Crippen LogP contribution in [0, 0.1) is 0 Å². The predicted molar refractivity (Wildman–Crippen MR) is 85.1 cm³/mol. The van der Waals surface area contributed by atoms with Crippen LogP contribution in [0.15, 0.2) is 0 Å². The van der Waals surface area contributed by atoms with Crippen molar-refractivity contribution in [1.82, 2.24) is 0 Å². The Balaban J connectivity index is 3.13. The zero-order valence-electron chi connectivity index (χ0n) is 13.7. The van der Waals surface area contributed by atoms with E-state index in [0.29, 0.717) is 13.0 Å². The Hall–Kier alpha value is -0.610. The van der Waals surface area contributed by atoms with Crippen LogP contribution < -0.4 is 0 Å². The highest BCUT2D eigenvalue weighted by atomic mass is 16.5. The lowest BCUT2D eigenvalue weighted by Crippen LogP contribution is -2.14. The van der Waals surface area contributed by atoms with Gasteiger partial charge in [0, 0.05) is 6.61 Å². The van der Waals surface area contributed by atoms with Gasteiger partial charge in [-0.15, -0.1) is 0 Å². The zero-order valence-corrected chi connectivity index (χ0v) is 13.7. The van der Waals surface area contributed by atoms with E-state index in [9.17, 15) is 9.90 Å². The third kappa shape index (κ3) is 15.6. The number of carbonyl (C=O) groups excluding carboxylic acids is 1. The Kier molecular flexibility index (Phi) is 15.3. The standard InChI is InChI=1S/C17H34O4/c1-21-17(20)15-16(19)13-11-9-7-5-3-2-4-6-8-10-12-14-18/h16,18-19H,2-15H2,1H3. The molecule has 0 aliphatic carbocycles. The second-order valence-electron chi connectivity index (χ2n) is 5.84. The van der Waals surface area contributed by atoms with Crippen molar-refractivity contribution < 1.29 is 19.7 Å². The molecule has 0 saturated carbocycles. The smallest absolute Gasteiger partial charge is 0.308 e. The van der Waals surface area contributed by atoms with Crippen molar-refractivity contribution in [3.63, 3.8) is 0 Å². The SMILES string of the molecule is COC(=O)CC(O)CCCCCCCCCCCCCO. The number of rotatable bonds is 15. The lowest BCUT2D eigenvalue weighted by Gasteiger charge is -2.08. The summed E-state index contributed by atoms with van der Waals surface area (Å²) < 4.78 is 4.52. The van der Waals surface area contributed by atoms with Gasteiger partial charge in [-0.1, -0.05) is 64.2 Å². The van der Waals surface area contributed by atoms with E-state index < -0.39 is 6.10 Å². The maximum absolute atomic E-state index is 10.9. The number of unbranched alkanes of at least 4 members (excludes halogenated alkanes) is 10. The lowest BCUT2D eigenvalue weighted by atomic mass is 10.0. The van der Waals surface area contributed by atoms with Gasteiger partial charge in [0.05, 0.1) is 19.6 Å². The molecule has 0 heterocycles. The maximum atomic E-state index is 10.9. The van der Waals surface area contributed by atoms with Crippen molar-refractivity contribution in [3.8, 4) is 0 Å². The molecule has 0 aliphatic rings. The topological polar surface area (TPSA) is 66.8 Å². The molecular formula is C17H34O4. The van der Waals surface area contributed by atoms with Gasteiger partial charge < -0.3 is 14.9 Å². The Bertz CT molecular complexity index is 231. The van der Waals surface area contributed by atoms with E-state index in [1.807, 2.05) is 0 Å². The van der Waals surface area contributed by atoms with Crippen LogP contribution in [0.1, 0.15) is 83.5 Å². The quantitative estimate of drug-likeness (QED) is 0.358. The molecule has 0 rings (SSSR count). The maximum Gasteiger partial charge on any atom is 0.308 e. The van der Waals surface area contributed by atoms with Crippen molar-refractivity contribution >= 4 is 5.97 Å². The highest BCUT2D eigenvalue weighted by Crippen LogP contribution is 2.13. The molecular weight excluding hydrogens is 268 g/mol. The molecule has 0 saturated heterocycles. The van der Waals surface area contributed by atoms with Gasteiger partial charge in [0.1, 0.15) is 0 Å². The van der Waals surface area contributed by atoms with Gasteiger partial charge in [0.25, 0.3) is 0 Å². The number of hydrogen-bond donors (Lipinski definition) is 2. The highest BCUT2D eigenvalue weighted by molar-refractivity contribution is 5.69. The molecule has 1 atom stereocenters. The Morgan fingerprint density at radius 2 is 1.29 bits per heavy atom. The minimum Gasteiger partial charge on any atom is -0.469 e. The predicted octanol–water partition coefficient (Wildman–Crippen LogP) is 3.58. The third-order valence-corrected chi connectivity index (χ3v) is 3.83. The number of methoxy groups -OCH3 is 1. The van der Waals surface area contributed by atoms with Gasteiger partial charge >= 0.3 is 5.97 Å². The summed E-state index contributed by atoms with van der Waals surface area (Å²) in [7, 11) is 1.35. The Labute approximate surface area is 129 Å². The number of esters is 1. The summed E-state index contributed by atoms with van der Waals surface area (Å²) in [5, 5.41) is 18.3. The van der Waals surface area contributed by atoms with Gasteiger partial charge in [0.15, 0.2) is 0 Å². The molecule has 2 N–H and O–H groups in total. The molecule has 4 nitrogen and oxygen atoms in total. The van der Waals surface area contributed by atoms with Crippen molar-refractivity contribution in [2.75, 3.05) is 13.7 Å². The molecule has 0 aromatic carbocycles. The first-order valence-corrected chi connectivity index (χ1v) is 8.56. The molecule has 0 aromatic heterocycles. The number of aliphatic hydroxyl groups excluding tert-OH is 2. The summed E-state index contributed by atoms with van der Waals surface area (Å²) in [6.07, 6.45) is 13.4. The van der Waals surface area contributed by atoms with Crippen molar-refractivity contribution in [1.29, 1.82) is 0 Å². The molecule has 4 heteroatoms. The van der Waals surface area contributed by atoms with Crippen LogP contribution in [0.5, 0.6) is 0 Å². The van der Waals surface area contributed by atoms with Crippen LogP contribution >= 0.6 is 0 Å². The van der Waals surface area contributed by atoms with E-state index in [1.165, 1.54) is 52.1 Å². The number of ether oxygens (including phenoxy) is 1. The number of hydrogen-bond acceptors (Lipinski definition) is 4. The van der Waals surface area contributed by atoms with Crippen LogP contribution in [-0.2, 0) is 9.53 Å². The van der Waals surface area contributed by atoms with E-state index in [4.69, 9.17) is 5.11 Å². The van der Waals surface area contributed by atoms with Gasteiger partial charge in [-0.25, -0.2) is 0 Å². The van der Waals surface area contributed by atoms with Crippen LogP contribution in [0.4, 0.5) is 0 Å². The fourth-order valence-electron chi connectivity index (χ4n) is 2.46. The lowest BCUT2D eigenvalue weighted by molar-refractivity contribution is -0.142. The third-order valence-electron chi connectivity index (χ3n) is 3.83. The monoisotopic (exact) mass is 302 g/mol. The highest BCUT2D eigenvalue weighted by Gasteiger charge is 2.09. The second-order valence-corrected chi connectivity index (χ2v) is 5.84. The second kappa shape index (κ2) is 15.8. The minimum atomic E-state index is -0.545. The van der Waals surface area contributed by atoms with Crippen LogP contribution in [-0.4, -0.2) is 36.0 Å². The first kappa shape index (κ1) is 20.4. The molecule has 0 aliphatic heterocycles. The van der Waals surface area contributed by atoms with Crippen LogP contribution in [0.3, 0.4) is 0 Å². The first-order valence-electron chi connectivity index (χ1n) is 8.56. The van der Waals surface area contributed by atoms with Crippen molar-refractivity contribution in [2.45, 2.75) is 89.6 Å².